The second-order valence-corrected chi connectivity index (χ2v) is 3.86. The Hall–Kier alpha value is -2.48. The zero-order chi connectivity index (χ0) is 14.6. The van der Waals surface area contributed by atoms with E-state index in [0.29, 0.717) is 5.56 Å². The number of non-ortho nitro benzene ring substituents is 1. The second kappa shape index (κ2) is 5.91. The molecular weight excluding hydrogens is 256 g/mol. The van der Waals surface area contributed by atoms with Gasteiger partial charge in [0.15, 0.2) is 6.04 Å². The first-order valence-electron chi connectivity index (χ1n) is 5.25. The monoisotopic (exact) mass is 268 g/mol. The number of benzene rings is 1. The molecule has 3 N–H and O–H groups in total. The number of aliphatic carboxylic acids is 1. The lowest BCUT2D eigenvalue weighted by atomic mass is 10.1. The van der Waals surface area contributed by atoms with Gasteiger partial charge in [-0.3, -0.25) is 14.9 Å². The molecule has 1 atom stereocenters. The number of aryl methyl sites for hydroxylation is 1. The van der Waals surface area contributed by atoms with Crippen LogP contribution in [0.25, 0.3) is 0 Å². The number of hydrogen-bond donors (Lipinski definition) is 3. The van der Waals surface area contributed by atoms with Crippen molar-refractivity contribution >= 4 is 17.6 Å². The molecule has 0 unspecified atom stereocenters. The van der Waals surface area contributed by atoms with E-state index in [2.05, 4.69) is 5.32 Å². The minimum atomic E-state index is -1.45. The van der Waals surface area contributed by atoms with Crippen molar-refractivity contribution in [1.82, 2.24) is 5.32 Å². The van der Waals surface area contributed by atoms with Gasteiger partial charge in [-0.1, -0.05) is 0 Å². The van der Waals surface area contributed by atoms with Crippen LogP contribution in [0.2, 0.25) is 0 Å². The third kappa shape index (κ3) is 3.75. The maximum absolute atomic E-state index is 11.7. The largest absolute Gasteiger partial charge is 0.480 e. The van der Waals surface area contributed by atoms with Gasteiger partial charge in [0, 0.05) is 17.7 Å². The quantitative estimate of drug-likeness (QED) is 0.512. The lowest BCUT2D eigenvalue weighted by molar-refractivity contribution is -0.384. The first-order valence-corrected chi connectivity index (χ1v) is 5.25. The Balaban J connectivity index is 2.99. The van der Waals surface area contributed by atoms with E-state index in [-0.39, 0.29) is 11.3 Å². The molecule has 102 valence electrons. The fourth-order valence-corrected chi connectivity index (χ4v) is 1.43. The van der Waals surface area contributed by atoms with Crippen LogP contribution in [0.5, 0.6) is 0 Å². The van der Waals surface area contributed by atoms with Gasteiger partial charge in [0.1, 0.15) is 0 Å². The summed E-state index contributed by atoms with van der Waals surface area (Å²) in [6, 6.07) is 2.27. The second-order valence-electron chi connectivity index (χ2n) is 3.86. The highest BCUT2D eigenvalue weighted by Crippen LogP contribution is 2.16. The molecule has 0 saturated heterocycles. The SMILES string of the molecule is Cc1cc(C(=O)N[C@H](CO)C(=O)O)cc([N+](=O)[O-])c1. The molecule has 1 amide bonds. The molecule has 0 saturated carbocycles. The Morgan fingerprint density at radius 1 is 1.42 bits per heavy atom. The minimum absolute atomic E-state index is 0.0357. The van der Waals surface area contributed by atoms with Crippen LogP contribution in [-0.4, -0.2) is 39.7 Å². The maximum Gasteiger partial charge on any atom is 0.328 e. The van der Waals surface area contributed by atoms with Gasteiger partial charge >= 0.3 is 5.97 Å². The number of amides is 1. The Morgan fingerprint density at radius 3 is 2.53 bits per heavy atom. The molecule has 1 aromatic carbocycles. The minimum Gasteiger partial charge on any atom is -0.480 e. The number of carbonyl (C=O) groups excluding carboxylic acids is 1. The number of nitrogens with one attached hydrogen (secondary N) is 1. The fourth-order valence-electron chi connectivity index (χ4n) is 1.43. The van der Waals surface area contributed by atoms with Crippen molar-refractivity contribution < 1.29 is 24.7 Å². The summed E-state index contributed by atoms with van der Waals surface area (Å²) in [6.45, 7) is 0.805. The Bertz CT molecular complexity index is 528. The molecule has 0 aliphatic heterocycles. The molecule has 0 fully saturated rings. The summed E-state index contributed by atoms with van der Waals surface area (Å²) in [4.78, 5) is 32.4. The van der Waals surface area contributed by atoms with E-state index < -0.39 is 29.4 Å². The van der Waals surface area contributed by atoms with E-state index >= 15 is 0 Å². The number of rotatable bonds is 5. The van der Waals surface area contributed by atoms with E-state index in [4.69, 9.17) is 10.2 Å². The normalized spacial score (nSPS) is 11.7. The summed E-state index contributed by atoms with van der Waals surface area (Å²) in [5.41, 5.74) is 0.197. The van der Waals surface area contributed by atoms with Crippen LogP contribution in [0, 0.1) is 17.0 Å². The van der Waals surface area contributed by atoms with Gasteiger partial charge in [0.25, 0.3) is 11.6 Å². The highest BCUT2D eigenvalue weighted by molar-refractivity contribution is 5.97. The lowest BCUT2D eigenvalue weighted by Crippen LogP contribution is -2.43. The van der Waals surface area contributed by atoms with Gasteiger partial charge in [-0.25, -0.2) is 4.79 Å². The molecule has 0 aliphatic carbocycles. The van der Waals surface area contributed by atoms with Crippen molar-refractivity contribution in [2.45, 2.75) is 13.0 Å². The number of carboxylic acid groups (broad SMARTS) is 1. The molecule has 8 heteroatoms. The fraction of sp³-hybridized carbons (Fsp3) is 0.273. The van der Waals surface area contributed by atoms with Gasteiger partial charge in [0.2, 0.25) is 0 Å². The summed E-state index contributed by atoms with van der Waals surface area (Å²) >= 11 is 0. The van der Waals surface area contributed by atoms with Gasteiger partial charge in [-0.15, -0.1) is 0 Å². The summed E-state index contributed by atoms with van der Waals surface area (Å²) in [6.07, 6.45) is 0. The standard InChI is InChI=1S/C11H12N2O6/c1-6-2-7(4-8(3-6)13(18)19)10(15)12-9(5-14)11(16)17/h2-4,9,14H,5H2,1H3,(H,12,15)(H,16,17)/t9-/m1/s1. The number of aliphatic hydroxyl groups is 1. The third-order valence-electron chi connectivity index (χ3n) is 2.32. The number of nitro groups is 1. The van der Waals surface area contributed by atoms with E-state index in [1.165, 1.54) is 12.1 Å². The van der Waals surface area contributed by atoms with Gasteiger partial charge in [-0.05, 0) is 18.6 Å². The molecular formula is C11H12N2O6. The Morgan fingerprint density at radius 2 is 2.05 bits per heavy atom. The van der Waals surface area contributed by atoms with Crippen molar-refractivity contribution in [2.24, 2.45) is 0 Å². The molecule has 0 aromatic heterocycles. The summed E-state index contributed by atoms with van der Waals surface area (Å²) in [7, 11) is 0. The molecule has 1 rings (SSSR count). The van der Waals surface area contributed by atoms with Crippen LogP contribution in [0.1, 0.15) is 15.9 Å². The number of carbonyl (C=O) groups is 2. The average molecular weight is 268 g/mol. The van der Waals surface area contributed by atoms with Crippen LogP contribution in [-0.2, 0) is 4.79 Å². The van der Waals surface area contributed by atoms with Crippen LogP contribution in [0.15, 0.2) is 18.2 Å². The molecule has 0 aliphatic rings. The maximum atomic E-state index is 11.7. The van der Waals surface area contributed by atoms with Crippen molar-refractivity contribution in [3.63, 3.8) is 0 Å². The molecule has 0 bridgehead atoms. The molecule has 1 aromatic rings. The van der Waals surface area contributed by atoms with Crippen LogP contribution in [0.3, 0.4) is 0 Å². The molecule has 0 radical (unpaired) electrons. The van der Waals surface area contributed by atoms with Crippen molar-refractivity contribution in [3.05, 3.63) is 39.4 Å². The number of nitrogens with zero attached hydrogens (tertiary/aromatic N) is 1. The van der Waals surface area contributed by atoms with Gasteiger partial charge in [-0.2, -0.15) is 0 Å². The smallest absolute Gasteiger partial charge is 0.328 e. The van der Waals surface area contributed by atoms with Crippen molar-refractivity contribution in [3.8, 4) is 0 Å². The highest BCUT2D eigenvalue weighted by atomic mass is 16.6. The zero-order valence-electron chi connectivity index (χ0n) is 9.99. The summed E-state index contributed by atoms with van der Waals surface area (Å²) < 4.78 is 0. The molecule has 19 heavy (non-hydrogen) atoms. The number of carboxylic acids is 1. The number of nitro benzene ring substituents is 1. The first kappa shape index (κ1) is 14.6. The van der Waals surface area contributed by atoms with Gasteiger partial charge < -0.3 is 15.5 Å². The average Bonchev–Trinajstić information content (AvgIpc) is 2.34. The Labute approximate surface area is 107 Å². The highest BCUT2D eigenvalue weighted by Gasteiger charge is 2.21. The van der Waals surface area contributed by atoms with E-state index in [9.17, 15) is 19.7 Å². The Kier molecular flexibility index (Phi) is 4.54. The van der Waals surface area contributed by atoms with E-state index in [0.717, 1.165) is 6.07 Å². The summed E-state index contributed by atoms with van der Waals surface area (Å²) in [5, 5.41) is 30.2. The number of hydrogen-bond acceptors (Lipinski definition) is 5. The first-order chi connectivity index (χ1) is 8.85. The predicted octanol–water partition coefficient (Wildman–Crippen LogP) is 0.0785. The lowest BCUT2D eigenvalue weighted by Gasteiger charge is -2.11. The zero-order valence-corrected chi connectivity index (χ0v) is 9.99. The van der Waals surface area contributed by atoms with Crippen molar-refractivity contribution in [1.29, 1.82) is 0 Å². The number of aliphatic hydroxyl groups excluding tert-OH is 1. The summed E-state index contributed by atoms with van der Waals surface area (Å²) in [5.74, 6) is -2.19. The third-order valence-corrected chi connectivity index (χ3v) is 2.32. The topological polar surface area (TPSA) is 130 Å². The van der Waals surface area contributed by atoms with Gasteiger partial charge in [0.05, 0.1) is 11.5 Å². The van der Waals surface area contributed by atoms with E-state index in [1.54, 1.807) is 6.92 Å². The van der Waals surface area contributed by atoms with Crippen molar-refractivity contribution in [2.75, 3.05) is 6.61 Å². The predicted molar refractivity (Wildman–Crippen MR) is 63.8 cm³/mol. The molecule has 0 spiro atoms. The van der Waals surface area contributed by atoms with Crippen LogP contribution >= 0.6 is 0 Å². The van der Waals surface area contributed by atoms with E-state index in [1.807, 2.05) is 0 Å². The molecule has 8 nitrogen and oxygen atoms in total. The molecule has 0 heterocycles. The van der Waals surface area contributed by atoms with Crippen LogP contribution in [0.4, 0.5) is 5.69 Å². The van der Waals surface area contributed by atoms with Crippen LogP contribution < -0.4 is 5.32 Å².